The van der Waals surface area contributed by atoms with Crippen LogP contribution >= 0.6 is 0 Å². The van der Waals surface area contributed by atoms with Gasteiger partial charge in [-0.15, -0.1) is 0 Å². The first kappa shape index (κ1) is 11.7. The number of hydrogen-bond acceptors (Lipinski definition) is 3. The largest absolute Gasteiger partial charge is 0.390 e. The monoisotopic (exact) mass is 209 g/mol. The van der Waals surface area contributed by atoms with Crippen LogP contribution in [0.25, 0.3) is 0 Å². The first-order valence-electron chi connectivity index (χ1n) is 4.76. The van der Waals surface area contributed by atoms with Gasteiger partial charge in [0.15, 0.2) is 0 Å². The second kappa shape index (κ2) is 3.98. The van der Waals surface area contributed by atoms with Crippen molar-refractivity contribution in [3.8, 4) is 0 Å². The summed E-state index contributed by atoms with van der Waals surface area (Å²) in [4.78, 5) is 10.5. The van der Waals surface area contributed by atoms with Gasteiger partial charge in [0.2, 0.25) is 0 Å². The van der Waals surface area contributed by atoms with E-state index >= 15 is 0 Å². The molecule has 0 aliphatic carbocycles. The smallest absolute Gasteiger partial charge is 0.275 e. The van der Waals surface area contributed by atoms with Crippen LogP contribution in [0, 0.1) is 17.0 Å². The van der Waals surface area contributed by atoms with Crippen molar-refractivity contribution in [2.24, 2.45) is 0 Å². The van der Waals surface area contributed by atoms with Gasteiger partial charge in [-0.25, -0.2) is 0 Å². The molecule has 0 aliphatic rings. The Bertz CT molecular complexity index is 380. The summed E-state index contributed by atoms with van der Waals surface area (Å²) >= 11 is 0. The highest BCUT2D eigenvalue weighted by Crippen LogP contribution is 2.26. The summed E-state index contributed by atoms with van der Waals surface area (Å²) in [6, 6.07) is 5.15. The van der Waals surface area contributed by atoms with E-state index in [2.05, 4.69) is 0 Å². The Balaban J connectivity index is 3.18. The molecule has 0 saturated carbocycles. The van der Waals surface area contributed by atoms with E-state index in [9.17, 15) is 15.2 Å². The minimum absolute atomic E-state index is 0.111. The van der Waals surface area contributed by atoms with Crippen LogP contribution in [-0.4, -0.2) is 15.6 Å². The third-order valence-corrected chi connectivity index (χ3v) is 2.13. The van der Waals surface area contributed by atoms with E-state index in [1.807, 2.05) is 0 Å². The van der Waals surface area contributed by atoms with Crippen molar-refractivity contribution in [1.29, 1.82) is 0 Å². The van der Waals surface area contributed by atoms with E-state index < -0.39 is 10.5 Å². The Labute approximate surface area is 88.7 Å². The molecule has 0 amide bonds. The standard InChI is InChI=1S/C11H15NO3/c1-8-5-4-6-9(7-11(2,3)13)10(8)12(14)15/h4-6,13H,7H2,1-3H3. The number of rotatable bonds is 3. The number of para-hydroxylation sites is 1. The molecule has 0 saturated heterocycles. The number of aryl methyl sites for hydroxylation is 1. The molecule has 0 heterocycles. The molecule has 15 heavy (non-hydrogen) atoms. The third kappa shape index (κ3) is 3.02. The maximum Gasteiger partial charge on any atom is 0.275 e. The van der Waals surface area contributed by atoms with E-state index in [4.69, 9.17) is 0 Å². The van der Waals surface area contributed by atoms with Crippen molar-refractivity contribution >= 4 is 5.69 Å². The minimum Gasteiger partial charge on any atom is -0.390 e. The average molecular weight is 209 g/mol. The molecule has 0 fully saturated rings. The number of hydrogen-bond donors (Lipinski definition) is 1. The van der Waals surface area contributed by atoms with E-state index in [0.717, 1.165) is 0 Å². The maximum absolute atomic E-state index is 10.9. The molecule has 82 valence electrons. The van der Waals surface area contributed by atoms with E-state index in [1.165, 1.54) is 0 Å². The number of aliphatic hydroxyl groups is 1. The fraction of sp³-hybridized carbons (Fsp3) is 0.455. The third-order valence-electron chi connectivity index (χ3n) is 2.13. The van der Waals surface area contributed by atoms with Crippen LogP contribution in [0.3, 0.4) is 0 Å². The molecule has 0 spiro atoms. The highest BCUT2D eigenvalue weighted by Gasteiger charge is 2.22. The fourth-order valence-corrected chi connectivity index (χ4v) is 1.59. The molecule has 0 atom stereocenters. The number of nitro benzene ring substituents is 1. The van der Waals surface area contributed by atoms with Crippen LogP contribution in [0.5, 0.6) is 0 Å². The summed E-state index contributed by atoms with van der Waals surface area (Å²) in [6.45, 7) is 4.98. The molecule has 0 radical (unpaired) electrons. The molecule has 0 aromatic heterocycles. The zero-order chi connectivity index (χ0) is 11.6. The fourth-order valence-electron chi connectivity index (χ4n) is 1.59. The van der Waals surface area contributed by atoms with Crippen molar-refractivity contribution in [2.75, 3.05) is 0 Å². The molecular weight excluding hydrogens is 194 g/mol. The van der Waals surface area contributed by atoms with Gasteiger partial charge in [-0.2, -0.15) is 0 Å². The molecule has 0 unspecified atom stereocenters. The van der Waals surface area contributed by atoms with Crippen molar-refractivity contribution in [1.82, 2.24) is 0 Å². The first-order chi connectivity index (χ1) is 6.81. The number of nitrogens with zero attached hydrogens (tertiary/aromatic N) is 1. The summed E-state index contributed by atoms with van der Waals surface area (Å²) in [5, 5.41) is 20.5. The Hall–Kier alpha value is -1.42. The van der Waals surface area contributed by atoms with Gasteiger partial charge in [-0.05, 0) is 20.8 Å². The minimum atomic E-state index is -0.932. The van der Waals surface area contributed by atoms with Crippen LogP contribution in [0.15, 0.2) is 18.2 Å². The van der Waals surface area contributed by atoms with Gasteiger partial charge in [0.1, 0.15) is 0 Å². The van der Waals surface area contributed by atoms with Crippen molar-refractivity contribution < 1.29 is 10.0 Å². The highest BCUT2D eigenvalue weighted by atomic mass is 16.6. The normalized spacial score (nSPS) is 11.5. The van der Waals surface area contributed by atoms with Crippen LogP contribution < -0.4 is 0 Å². The second-order valence-corrected chi connectivity index (χ2v) is 4.33. The summed E-state index contributed by atoms with van der Waals surface area (Å²) in [6.07, 6.45) is 0.283. The van der Waals surface area contributed by atoms with Crippen LogP contribution in [0.2, 0.25) is 0 Å². The van der Waals surface area contributed by atoms with Gasteiger partial charge in [0.05, 0.1) is 10.5 Å². The van der Waals surface area contributed by atoms with Crippen LogP contribution in [-0.2, 0) is 6.42 Å². The molecule has 1 aromatic carbocycles. The lowest BCUT2D eigenvalue weighted by molar-refractivity contribution is -0.386. The average Bonchev–Trinajstić information content (AvgIpc) is 1.99. The van der Waals surface area contributed by atoms with Crippen molar-refractivity contribution in [3.05, 3.63) is 39.4 Å². The molecule has 0 aliphatic heterocycles. The second-order valence-electron chi connectivity index (χ2n) is 4.33. The molecule has 1 N–H and O–H groups in total. The van der Waals surface area contributed by atoms with Gasteiger partial charge in [0.25, 0.3) is 5.69 Å². The maximum atomic E-state index is 10.9. The Kier molecular flexibility index (Phi) is 3.09. The lowest BCUT2D eigenvalue weighted by atomic mass is 9.96. The summed E-state index contributed by atoms with van der Waals surface area (Å²) < 4.78 is 0. The summed E-state index contributed by atoms with van der Waals surface area (Å²) in [5.74, 6) is 0. The Morgan fingerprint density at radius 2 is 2.07 bits per heavy atom. The molecular formula is C11H15NO3. The van der Waals surface area contributed by atoms with Gasteiger partial charge < -0.3 is 5.11 Å². The van der Waals surface area contributed by atoms with Crippen LogP contribution in [0.1, 0.15) is 25.0 Å². The van der Waals surface area contributed by atoms with Crippen molar-refractivity contribution in [2.45, 2.75) is 32.8 Å². The number of benzene rings is 1. The zero-order valence-electron chi connectivity index (χ0n) is 9.15. The summed E-state index contributed by atoms with van der Waals surface area (Å²) in [5.41, 5.74) is 0.382. The molecule has 4 heteroatoms. The SMILES string of the molecule is Cc1cccc(CC(C)(C)O)c1[N+](=O)[O-]. The molecule has 1 rings (SSSR count). The van der Waals surface area contributed by atoms with E-state index in [0.29, 0.717) is 11.1 Å². The predicted molar refractivity (Wildman–Crippen MR) is 57.8 cm³/mol. The number of nitro groups is 1. The zero-order valence-corrected chi connectivity index (χ0v) is 9.15. The van der Waals surface area contributed by atoms with E-state index in [-0.39, 0.29) is 12.1 Å². The Morgan fingerprint density at radius 1 is 1.47 bits per heavy atom. The predicted octanol–water partition coefficient (Wildman–Crippen LogP) is 2.22. The van der Waals surface area contributed by atoms with Crippen molar-refractivity contribution in [3.63, 3.8) is 0 Å². The Morgan fingerprint density at radius 3 is 2.53 bits per heavy atom. The molecule has 1 aromatic rings. The topological polar surface area (TPSA) is 63.4 Å². The van der Waals surface area contributed by atoms with E-state index in [1.54, 1.807) is 39.0 Å². The van der Waals surface area contributed by atoms with Gasteiger partial charge in [0, 0.05) is 17.5 Å². The molecule has 4 nitrogen and oxygen atoms in total. The lowest BCUT2D eigenvalue weighted by Gasteiger charge is -2.17. The highest BCUT2D eigenvalue weighted by molar-refractivity contribution is 5.47. The van der Waals surface area contributed by atoms with Crippen LogP contribution in [0.4, 0.5) is 5.69 Å². The quantitative estimate of drug-likeness (QED) is 0.613. The molecule has 0 bridgehead atoms. The lowest BCUT2D eigenvalue weighted by Crippen LogP contribution is -2.22. The first-order valence-corrected chi connectivity index (χ1v) is 4.76. The van der Waals surface area contributed by atoms with Gasteiger partial charge >= 0.3 is 0 Å². The van der Waals surface area contributed by atoms with Gasteiger partial charge in [-0.1, -0.05) is 18.2 Å². The van der Waals surface area contributed by atoms with Gasteiger partial charge in [-0.3, -0.25) is 10.1 Å². The summed E-state index contributed by atoms with van der Waals surface area (Å²) in [7, 11) is 0.